The Morgan fingerprint density at radius 3 is 1.77 bits per heavy atom. The largest absolute Gasteiger partial charge is 0.391 e. The lowest BCUT2D eigenvalue weighted by Gasteiger charge is -2.13. The van der Waals surface area contributed by atoms with Gasteiger partial charge in [0.25, 0.3) is 0 Å². The molecule has 0 aromatic carbocycles. The summed E-state index contributed by atoms with van der Waals surface area (Å²) in [5.74, 6) is 0. The number of aliphatic hydroxyl groups is 1. The molecule has 0 aromatic heterocycles. The van der Waals surface area contributed by atoms with Gasteiger partial charge in [-0.2, -0.15) is 0 Å². The predicted octanol–water partition coefficient (Wildman–Crippen LogP) is 3.67. The van der Waals surface area contributed by atoms with Crippen LogP contribution in [0, 0.1) is 0 Å². The normalized spacial score (nSPS) is 11.1. The van der Waals surface area contributed by atoms with Crippen LogP contribution in [-0.4, -0.2) is 22.2 Å². The van der Waals surface area contributed by atoms with Crippen LogP contribution in [0.4, 0.5) is 0 Å². The Morgan fingerprint density at radius 2 is 1.54 bits per heavy atom. The minimum absolute atomic E-state index is 0.0592. The van der Waals surface area contributed by atoms with Crippen LogP contribution in [0.3, 0.4) is 0 Å². The first-order chi connectivity index (χ1) is 5.97. The van der Waals surface area contributed by atoms with Crippen LogP contribution >= 0.6 is 35.1 Å². The van der Waals surface area contributed by atoms with Crippen molar-refractivity contribution >= 4 is 35.1 Å². The highest BCUT2D eigenvalue weighted by Crippen LogP contribution is 2.37. The fourth-order valence-corrected chi connectivity index (χ4v) is 3.53. The van der Waals surface area contributed by atoms with Gasteiger partial charge in [-0.1, -0.05) is 39.3 Å². The molecule has 4 heteroatoms. The number of halogens is 1. The summed E-state index contributed by atoms with van der Waals surface area (Å²) >= 11 is 9.33. The second-order valence-corrected chi connectivity index (χ2v) is 7.07. The van der Waals surface area contributed by atoms with E-state index in [4.69, 9.17) is 16.7 Å². The minimum Gasteiger partial charge on any atom is -0.391 e. The fourth-order valence-electron chi connectivity index (χ4n) is 0.648. The van der Waals surface area contributed by atoms with Gasteiger partial charge in [-0.05, 0) is 0 Å². The molecule has 0 amide bonds. The van der Waals surface area contributed by atoms with Crippen LogP contribution < -0.4 is 0 Å². The van der Waals surface area contributed by atoms with Crippen LogP contribution in [-0.2, 0) is 0 Å². The Balaban J connectivity index is 4.36. The molecule has 0 heterocycles. The third kappa shape index (κ3) is 6.72. The standard InChI is InChI=1S/C9H17ClOS2/c1-6(2)12-9(8(10)5-11)13-7(3)4/h6-7,11H,5H2,1-4H3. The van der Waals surface area contributed by atoms with E-state index in [1.165, 1.54) is 0 Å². The molecule has 0 aliphatic rings. The Labute approximate surface area is 94.3 Å². The van der Waals surface area contributed by atoms with E-state index in [0.29, 0.717) is 15.5 Å². The van der Waals surface area contributed by atoms with Crippen LogP contribution in [0.15, 0.2) is 9.27 Å². The minimum atomic E-state index is -0.0592. The first-order valence-corrected chi connectivity index (χ1v) is 6.44. The molecule has 0 radical (unpaired) electrons. The van der Waals surface area contributed by atoms with E-state index >= 15 is 0 Å². The molecule has 0 aliphatic carbocycles. The van der Waals surface area contributed by atoms with Gasteiger partial charge in [-0.25, -0.2) is 0 Å². The highest BCUT2D eigenvalue weighted by atomic mass is 35.5. The average Bonchev–Trinajstić information content (AvgIpc) is 2.00. The van der Waals surface area contributed by atoms with Crippen molar-refractivity contribution in [3.63, 3.8) is 0 Å². The van der Waals surface area contributed by atoms with Gasteiger partial charge >= 0.3 is 0 Å². The van der Waals surface area contributed by atoms with Gasteiger partial charge in [0, 0.05) is 10.5 Å². The van der Waals surface area contributed by atoms with Crippen molar-refractivity contribution in [2.24, 2.45) is 0 Å². The molecule has 0 rings (SSSR count). The number of thioether (sulfide) groups is 2. The average molecular weight is 241 g/mol. The molecule has 13 heavy (non-hydrogen) atoms. The first kappa shape index (κ1) is 13.7. The van der Waals surface area contributed by atoms with Crippen LogP contribution in [0.5, 0.6) is 0 Å². The fraction of sp³-hybridized carbons (Fsp3) is 0.778. The molecular weight excluding hydrogens is 224 g/mol. The lowest BCUT2D eigenvalue weighted by molar-refractivity contribution is 0.339. The molecule has 0 saturated carbocycles. The summed E-state index contributed by atoms with van der Waals surface area (Å²) in [6.07, 6.45) is 0. The van der Waals surface area contributed by atoms with Crippen LogP contribution in [0.2, 0.25) is 0 Å². The summed E-state index contributed by atoms with van der Waals surface area (Å²) in [6.45, 7) is 8.41. The van der Waals surface area contributed by atoms with E-state index in [-0.39, 0.29) is 6.61 Å². The third-order valence-corrected chi connectivity index (χ3v) is 4.02. The second-order valence-electron chi connectivity index (χ2n) is 3.18. The predicted molar refractivity (Wildman–Crippen MR) is 65.4 cm³/mol. The lowest BCUT2D eigenvalue weighted by atomic mass is 10.6. The lowest BCUT2D eigenvalue weighted by Crippen LogP contribution is -1.95. The summed E-state index contributed by atoms with van der Waals surface area (Å²) < 4.78 is 1.05. The zero-order chi connectivity index (χ0) is 10.4. The molecular formula is C9H17ClOS2. The molecule has 0 aliphatic heterocycles. The number of aliphatic hydroxyl groups excluding tert-OH is 1. The summed E-state index contributed by atoms with van der Waals surface area (Å²) in [5, 5.41) is 10.5. The maximum absolute atomic E-state index is 8.91. The van der Waals surface area contributed by atoms with Crippen molar-refractivity contribution in [2.75, 3.05) is 6.61 Å². The quantitative estimate of drug-likeness (QED) is 0.792. The van der Waals surface area contributed by atoms with Gasteiger partial charge in [0.2, 0.25) is 0 Å². The zero-order valence-corrected chi connectivity index (χ0v) is 10.9. The van der Waals surface area contributed by atoms with Crippen LogP contribution in [0.25, 0.3) is 0 Å². The highest BCUT2D eigenvalue weighted by Gasteiger charge is 2.10. The monoisotopic (exact) mass is 240 g/mol. The van der Waals surface area contributed by atoms with Gasteiger partial charge in [-0.15, -0.1) is 23.5 Å². The second kappa shape index (κ2) is 7.04. The van der Waals surface area contributed by atoms with Crippen molar-refractivity contribution in [2.45, 2.75) is 38.2 Å². The molecule has 0 atom stereocenters. The Bertz CT molecular complexity index is 166. The number of hydrogen-bond donors (Lipinski definition) is 1. The van der Waals surface area contributed by atoms with E-state index < -0.39 is 0 Å². The van der Waals surface area contributed by atoms with Gasteiger partial charge in [-0.3, -0.25) is 0 Å². The summed E-state index contributed by atoms with van der Waals surface area (Å²) in [4.78, 5) is 0. The van der Waals surface area contributed by atoms with Crippen molar-refractivity contribution < 1.29 is 5.11 Å². The Morgan fingerprint density at radius 1 is 1.15 bits per heavy atom. The summed E-state index contributed by atoms with van der Waals surface area (Å²) in [7, 11) is 0. The summed E-state index contributed by atoms with van der Waals surface area (Å²) in [5.41, 5.74) is 0. The van der Waals surface area contributed by atoms with Crippen LogP contribution in [0.1, 0.15) is 27.7 Å². The molecule has 0 saturated heterocycles. The molecule has 0 unspecified atom stereocenters. The van der Waals surface area contributed by atoms with E-state index in [0.717, 1.165) is 4.24 Å². The molecule has 78 valence electrons. The van der Waals surface area contributed by atoms with E-state index in [2.05, 4.69) is 27.7 Å². The van der Waals surface area contributed by atoms with Gasteiger partial charge in [0.05, 0.1) is 15.9 Å². The van der Waals surface area contributed by atoms with Gasteiger partial charge in [0.15, 0.2) is 0 Å². The highest BCUT2D eigenvalue weighted by molar-refractivity contribution is 8.22. The molecule has 0 spiro atoms. The molecule has 0 fully saturated rings. The summed E-state index contributed by atoms with van der Waals surface area (Å²) in [6, 6.07) is 0. The van der Waals surface area contributed by atoms with E-state index in [1.54, 1.807) is 23.5 Å². The van der Waals surface area contributed by atoms with Crippen molar-refractivity contribution in [1.82, 2.24) is 0 Å². The Kier molecular flexibility index (Phi) is 7.42. The molecule has 1 N–H and O–H groups in total. The van der Waals surface area contributed by atoms with Crippen molar-refractivity contribution in [3.8, 4) is 0 Å². The third-order valence-electron chi connectivity index (χ3n) is 1.05. The smallest absolute Gasteiger partial charge is 0.0804 e. The van der Waals surface area contributed by atoms with E-state index in [1.807, 2.05) is 0 Å². The first-order valence-electron chi connectivity index (χ1n) is 4.30. The van der Waals surface area contributed by atoms with Gasteiger partial charge in [0.1, 0.15) is 0 Å². The van der Waals surface area contributed by atoms with Gasteiger partial charge < -0.3 is 5.11 Å². The molecule has 1 nitrogen and oxygen atoms in total. The maximum atomic E-state index is 8.91. The molecule has 0 bridgehead atoms. The zero-order valence-electron chi connectivity index (χ0n) is 8.50. The SMILES string of the molecule is CC(C)SC(SC(C)C)=C(Cl)CO. The van der Waals surface area contributed by atoms with Crippen molar-refractivity contribution in [3.05, 3.63) is 9.27 Å². The molecule has 0 aromatic rings. The van der Waals surface area contributed by atoms with E-state index in [9.17, 15) is 0 Å². The number of rotatable bonds is 5. The maximum Gasteiger partial charge on any atom is 0.0804 e. The topological polar surface area (TPSA) is 20.2 Å². The number of hydrogen-bond acceptors (Lipinski definition) is 3. The van der Waals surface area contributed by atoms with Crippen molar-refractivity contribution in [1.29, 1.82) is 0 Å². The Hall–Kier alpha value is 0.690.